The van der Waals surface area contributed by atoms with Crippen molar-refractivity contribution in [3.05, 3.63) is 64.0 Å². The van der Waals surface area contributed by atoms with Gasteiger partial charge < -0.3 is 29.6 Å². The Kier molecular flexibility index (Phi) is 5.72. The van der Waals surface area contributed by atoms with Gasteiger partial charge in [0.05, 0.1) is 11.6 Å². The molecule has 32 heavy (non-hydrogen) atoms. The summed E-state index contributed by atoms with van der Waals surface area (Å²) in [5, 5.41) is 16.1. The maximum atomic E-state index is 13.3. The standard InChI is InChI=1S/C23H22N2O7/c1-12(23(29)24-2)25-21(27)8-14(15-7-19-20(9-17(15)26)32-11-31-19)16-10-30-18-6-4-3-5-13(18)22(16)28/h3-7,9-10,12,14,26H,8,11H2,1-2H3,(H,24,29)(H,25,27). The Morgan fingerprint density at radius 2 is 1.84 bits per heavy atom. The predicted molar refractivity (Wildman–Crippen MR) is 115 cm³/mol. The second-order valence-corrected chi connectivity index (χ2v) is 7.44. The number of likely N-dealkylation sites (N-methyl/N-ethyl adjacent to an activating group) is 1. The summed E-state index contributed by atoms with van der Waals surface area (Å²) < 4.78 is 16.3. The average molecular weight is 438 g/mol. The van der Waals surface area contributed by atoms with Gasteiger partial charge in [0.2, 0.25) is 18.6 Å². The highest BCUT2D eigenvalue weighted by Gasteiger charge is 2.29. The van der Waals surface area contributed by atoms with Crippen LogP contribution in [-0.2, 0) is 9.59 Å². The molecular weight excluding hydrogens is 416 g/mol. The molecule has 3 aromatic rings. The van der Waals surface area contributed by atoms with Crippen molar-refractivity contribution in [1.82, 2.24) is 10.6 Å². The molecule has 0 aliphatic carbocycles. The van der Waals surface area contributed by atoms with E-state index >= 15 is 0 Å². The quantitative estimate of drug-likeness (QED) is 0.537. The molecule has 2 aromatic carbocycles. The number of hydrogen-bond acceptors (Lipinski definition) is 7. The van der Waals surface area contributed by atoms with Gasteiger partial charge in [0.1, 0.15) is 17.4 Å². The van der Waals surface area contributed by atoms with Gasteiger partial charge >= 0.3 is 0 Å². The molecule has 2 amide bonds. The van der Waals surface area contributed by atoms with Gasteiger partial charge in [0, 0.05) is 36.6 Å². The first-order valence-electron chi connectivity index (χ1n) is 10.0. The number of aromatic hydroxyl groups is 1. The summed E-state index contributed by atoms with van der Waals surface area (Å²) in [6.45, 7) is 1.55. The van der Waals surface area contributed by atoms with Gasteiger partial charge in [-0.05, 0) is 25.1 Å². The van der Waals surface area contributed by atoms with Crippen molar-refractivity contribution in [1.29, 1.82) is 0 Å². The molecule has 1 aromatic heterocycles. The average Bonchev–Trinajstić information content (AvgIpc) is 3.24. The molecule has 0 fully saturated rings. The van der Waals surface area contributed by atoms with Crippen molar-refractivity contribution in [3.8, 4) is 17.2 Å². The number of phenols is 1. The first kappa shape index (κ1) is 21.2. The molecule has 0 saturated carbocycles. The van der Waals surface area contributed by atoms with E-state index in [0.29, 0.717) is 28.0 Å². The van der Waals surface area contributed by atoms with E-state index in [0.717, 1.165) is 0 Å². The van der Waals surface area contributed by atoms with Crippen LogP contribution in [0.3, 0.4) is 0 Å². The molecule has 0 spiro atoms. The number of phenolic OH excluding ortho intramolecular Hbond substituents is 1. The highest BCUT2D eigenvalue weighted by Crippen LogP contribution is 2.42. The van der Waals surface area contributed by atoms with Gasteiger partial charge in [-0.2, -0.15) is 0 Å². The summed E-state index contributed by atoms with van der Waals surface area (Å²) in [4.78, 5) is 37.8. The molecule has 0 bridgehead atoms. The van der Waals surface area contributed by atoms with Crippen LogP contribution < -0.4 is 25.5 Å². The number of fused-ring (bicyclic) bond motifs is 2. The van der Waals surface area contributed by atoms with Gasteiger partial charge in [-0.25, -0.2) is 0 Å². The van der Waals surface area contributed by atoms with Crippen LogP contribution in [0.4, 0.5) is 0 Å². The van der Waals surface area contributed by atoms with E-state index < -0.39 is 17.9 Å². The van der Waals surface area contributed by atoms with E-state index in [2.05, 4.69) is 10.6 Å². The summed E-state index contributed by atoms with van der Waals surface area (Å²) in [6, 6.07) is 8.94. The lowest BCUT2D eigenvalue weighted by molar-refractivity contribution is -0.128. The zero-order valence-electron chi connectivity index (χ0n) is 17.5. The van der Waals surface area contributed by atoms with Crippen LogP contribution >= 0.6 is 0 Å². The predicted octanol–water partition coefficient (Wildman–Crippen LogP) is 2.00. The lowest BCUT2D eigenvalue weighted by atomic mass is 9.87. The SMILES string of the molecule is CNC(=O)C(C)NC(=O)CC(c1cc2c(cc1O)OCO2)c1coc2ccccc2c1=O. The third kappa shape index (κ3) is 3.96. The maximum absolute atomic E-state index is 13.3. The minimum atomic E-state index is -0.859. The minimum absolute atomic E-state index is 0.00510. The van der Waals surface area contributed by atoms with E-state index in [9.17, 15) is 19.5 Å². The van der Waals surface area contributed by atoms with E-state index in [1.165, 1.54) is 19.4 Å². The third-order valence-corrected chi connectivity index (χ3v) is 5.39. The number of amides is 2. The number of para-hydroxylation sites is 1. The zero-order valence-corrected chi connectivity index (χ0v) is 17.5. The Morgan fingerprint density at radius 3 is 2.59 bits per heavy atom. The molecule has 0 radical (unpaired) electrons. The smallest absolute Gasteiger partial charge is 0.242 e. The Bertz CT molecular complexity index is 1250. The molecule has 2 atom stereocenters. The van der Waals surface area contributed by atoms with Crippen molar-refractivity contribution < 1.29 is 28.6 Å². The normalized spacial score (nSPS) is 14.1. The number of ether oxygens (including phenoxy) is 2. The molecule has 4 rings (SSSR count). The highest BCUT2D eigenvalue weighted by atomic mass is 16.7. The monoisotopic (exact) mass is 438 g/mol. The van der Waals surface area contributed by atoms with Crippen molar-refractivity contribution in [2.75, 3.05) is 13.8 Å². The Morgan fingerprint density at radius 1 is 1.12 bits per heavy atom. The summed E-state index contributed by atoms with van der Waals surface area (Å²) in [7, 11) is 1.47. The zero-order chi connectivity index (χ0) is 22.8. The van der Waals surface area contributed by atoms with Crippen molar-refractivity contribution >= 4 is 22.8 Å². The molecule has 0 saturated heterocycles. The maximum Gasteiger partial charge on any atom is 0.242 e. The van der Waals surface area contributed by atoms with Gasteiger partial charge in [-0.3, -0.25) is 14.4 Å². The summed E-state index contributed by atoms with van der Waals surface area (Å²) in [5.74, 6) is -1.08. The fourth-order valence-electron chi connectivity index (χ4n) is 3.71. The molecule has 166 valence electrons. The van der Waals surface area contributed by atoms with Crippen LogP contribution in [0.1, 0.15) is 30.4 Å². The molecule has 2 heterocycles. The van der Waals surface area contributed by atoms with Gasteiger partial charge in [-0.15, -0.1) is 0 Å². The summed E-state index contributed by atoms with van der Waals surface area (Å²) in [5.41, 5.74) is 0.592. The Labute approximate surface area is 182 Å². The van der Waals surface area contributed by atoms with E-state index in [1.807, 2.05) is 0 Å². The number of rotatable bonds is 6. The van der Waals surface area contributed by atoms with E-state index in [1.54, 1.807) is 37.3 Å². The largest absolute Gasteiger partial charge is 0.508 e. The number of hydrogen-bond donors (Lipinski definition) is 3. The molecular formula is C23H22N2O7. The van der Waals surface area contributed by atoms with Gasteiger partial charge in [0.25, 0.3) is 0 Å². The minimum Gasteiger partial charge on any atom is -0.508 e. The number of carbonyl (C=O) groups excluding carboxylic acids is 2. The third-order valence-electron chi connectivity index (χ3n) is 5.39. The molecule has 1 aliphatic rings. The molecule has 9 nitrogen and oxygen atoms in total. The van der Waals surface area contributed by atoms with Crippen LogP contribution in [-0.4, -0.2) is 36.8 Å². The number of benzene rings is 2. The van der Waals surface area contributed by atoms with Gasteiger partial charge in [-0.1, -0.05) is 12.1 Å². The Hall–Kier alpha value is -4.01. The van der Waals surface area contributed by atoms with Gasteiger partial charge in [0.15, 0.2) is 16.9 Å². The van der Waals surface area contributed by atoms with Crippen LogP contribution in [0.2, 0.25) is 0 Å². The fourth-order valence-corrected chi connectivity index (χ4v) is 3.71. The molecule has 9 heteroatoms. The summed E-state index contributed by atoms with van der Waals surface area (Å²) in [6.07, 6.45) is 1.09. The van der Waals surface area contributed by atoms with Crippen molar-refractivity contribution in [3.63, 3.8) is 0 Å². The van der Waals surface area contributed by atoms with Crippen molar-refractivity contribution in [2.24, 2.45) is 0 Å². The molecule has 2 unspecified atom stereocenters. The Balaban J connectivity index is 1.78. The molecule has 1 aliphatic heterocycles. The lowest BCUT2D eigenvalue weighted by Crippen LogP contribution is -2.44. The van der Waals surface area contributed by atoms with Crippen LogP contribution in [0, 0.1) is 0 Å². The van der Waals surface area contributed by atoms with Crippen molar-refractivity contribution in [2.45, 2.75) is 25.3 Å². The highest BCUT2D eigenvalue weighted by molar-refractivity contribution is 5.87. The number of nitrogens with one attached hydrogen (secondary N) is 2. The van der Waals surface area contributed by atoms with Crippen LogP contribution in [0.15, 0.2) is 51.9 Å². The second-order valence-electron chi connectivity index (χ2n) is 7.44. The molecule has 3 N–H and O–H groups in total. The van der Waals surface area contributed by atoms with E-state index in [-0.39, 0.29) is 35.9 Å². The lowest BCUT2D eigenvalue weighted by Gasteiger charge is -2.20. The topological polar surface area (TPSA) is 127 Å². The first-order chi connectivity index (χ1) is 15.4. The second kappa shape index (κ2) is 8.62. The first-order valence-corrected chi connectivity index (χ1v) is 10.0. The van der Waals surface area contributed by atoms with E-state index in [4.69, 9.17) is 13.9 Å². The van der Waals surface area contributed by atoms with Crippen LogP contribution in [0.5, 0.6) is 17.2 Å². The summed E-state index contributed by atoms with van der Waals surface area (Å²) >= 11 is 0. The number of carbonyl (C=O) groups is 2. The fraction of sp³-hybridized carbons (Fsp3) is 0.261. The van der Waals surface area contributed by atoms with Crippen LogP contribution in [0.25, 0.3) is 11.0 Å².